The summed E-state index contributed by atoms with van der Waals surface area (Å²) in [4.78, 5) is 28.2. The SMILES string of the molecule is COc1ccc2cc1OCCCNC(=O)c1cc(ccc1F)Oc1ccc3c(c1)CCN(C(=O)Cc1nonc1C)C23. The lowest BCUT2D eigenvalue weighted by molar-refractivity contribution is -0.132. The van der Waals surface area contributed by atoms with Gasteiger partial charge in [-0.2, -0.15) is 0 Å². The summed E-state index contributed by atoms with van der Waals surface area (Å²) in [5.74, 6) is 0.644. The number of nitrogens with one attached hydrogen (secondary N) is 1. The average molecular weight is 573 g/mol. The number of hydrogen-bond acceptors (Lipinski definition) is 8. The molecule has 1 atom stereocenters. The number of amides is 2. The predicted octanol–water partition coefficient (Wildman–Crippen LogP) is 4.55. The Bertz CT molecular complexity index is 1650. The van der Waals surface area contributed by atoms with E-state index >= 15 is 0 Å². The zero-order valence-corrected chi connectivity index (χ0v) is 23.2. The van der Waals surface area contributed by atoms with Crippen LogP contribution in [0.15, 0.2) is 59.2 Å². The molecule has 0 saturated carbocycles. The molecule has 7 rings (SSSR count). The monoisotopic (exact) mass is 572 g/mol. The summed E-state index contributed by atoms with van der Waals surface area (Å²) in [5, 5.41) is 10.5. The van der Waals surface area contributed by atoms with E-state index in [9.17, 15) is 14.0 Å². The number of ether oxygens (including phenoxy) is 3. The Labute approximate surface area is 241 Å². The van der Waals surface area contributed by atoms with Crippen molar-refractivity contribution in [2.45, 2.75) is 32.2 Å². The van der Waals surface area contributed by atoms with E-state index in [4.69, 9.17) is 18.8 Å². The van der Waals surface area contributed by atoms with Crippen LogP contribution in [0, 0.1) is 12.7 Å². The van der Waals surface area contributed by atoms with Crippen molar-refractivity contribution >= 4 is 11.8 Å². The van der Waals surface area contributed by atoms with Gasteiger partial charge in [0.25, 0.3) is 5.91 Å². The normalized spacial score (nSPS) is 16.5. The average Bonchev–Trinajstić information content (AvgIpc) is 3.40. The Hall–Kier alpha value is -4.93. The third kappa shape index (κ3) is 5.37. The maximum Gasteiger partial charge on any atom is 0.254 e. The molecule has 42 heavy (non-hydrogen) atoms. The van der Waals surface area contributed by atoms with Crippen LogP contribution in [0.25, 0.3) is 0 Å². The molecule has 8 bridgehead atoms. The quantitative estimate of drug-likeness (QED) is 0.380. The van der Waals surface area contributed by atoms with Gasteiger partial charge >= 0.3 is 0 Å². The highest BCUT2D eigenvalue weighted by atomic mass is 19.1. The van der Waals surface area contributed by atoms with Crippen LogP contribution in [0.5, 0.6) is 23.0 Å². The highest BCUT2D eigenvalue weighted by molar-refractivity contribution is 5.94. The zero-order valence-electron chi connectivity index (χ0n) is 23.2. The number of rotatable bonds is 3. The number of methoxy groups -OCH3 is 1. The first kappa shape index (κ1) is 27.3. The number of benzene rings is 3. The van der Waals surface area contributed by atoms with Gasteiger partial charge in [-0.15, -0.1) is 0 Å². The minimum Gasteiger partial charge on any atom is -0.493 e. The van der Waals surface area contributed by atoms with Gasteiger partial charge in [0.1, 0.15) is 28.7 Å². The highest BCUT2D eigenvalue weighted by Gasteiger charge is 2.34. The molecule has 3 aliphatic heterocycles. The summed E-state index contributed by atoms with van der Waals surface area (Å²) < 4.78 is 37.0. The fourth-order valence-electron chi connectivity index (χ4n) is 5.36. The maximum absolute atomic E-state index is 14.5. The molecule has 3 aromatic carbocycles. The second kappa shape index (κ2) is 11.5. The molecule has 216 valence electrons. The summed E-state index contributed by atoms with van der Waals surface area (Å²) in [6.45, 7) is 2.76. The number of aromatic nitrogens is 2. The Morgan fingerprint density at radius 3 is 2.76 bits per heavy atom. The number of fused-ring (bicyclic) bond motifs is 6. The number of carbonyl (C=O) groups excluding carboxylic acids is 2. The van der Waals surface area contributed by atoms with Crippen LogP contribution in [0.1, 0.15) is 50.9 Å². The largest absolute Gasteiger partial charge is 0.493 e. The fraction of sp³-hybridized carbons (Fsp3) is 0.290. The molecule has 1 aromatic heterocycles. The Morgan fingerprint density at radius 1 is 1.12 bits per heavy atom. The molecule has 2 amide bonds. The maximum atomic E-state index is 14.5. The Balaban J connectivity index is 1.43. The van der Waals surface area contributed by atoms with Gasteiger partial charge in [0.05, 0.1) is 31.7 Å². The van der Waals surface area contributed by atoms with E-state index in [0.29, 0.717) is 53.8 Å². The van der Waals surface area contributed by atoms with Gasteiger partial charge in [0, 0.05) is 13.1 Å². The molecule has 3 aliphatic rings. The fourth-order valence-corrected chi connectivity index (χ4v) is 5.36. The summed E-state index contributed by atoms with van der Waals surface area (Å²) in [7, 11) is 1.56. The van der Waals surface area contributed by atoms with Crippen molar-refractivity contribution in [3.63, 3.8) is 0 Å². The minimum atomic E-state index is -0.637. The van der Waals surface area contributed by atoms with Gasteiger partial charge in [-0.05, 0) is 78.9 Å². The van der Waals surface area contributed by atoms with Crippen molar-refractivity contribution < 1.29 is 32.8 Å². The minimum absolute atomic E-state index is 0.0560. The second-order valence-corrected chi connectivity index (χ2v) is 10.2. The van der Waals surface area contributed by atoms with Crippen molar-refractivity contribution in [2.24, 2.45) is 0 Å². The first-order chi connectivity index (χ1) is 20.4. The molecule has 0 saturated heterocycles. The molecule has 4 aromatic rings. The van der Waals surface area contributed by atoms with Crippen LogP contribution >= 0.6 is 0 Å². The molecule has 0 fully saturated rings. The van der Waals surface area contributed by atoms with E-state index in [2.05, 4.69) is 15.6 Å². The standard InChI is InChI=1S/C31H29FN4O6/c1-18-26(35-42-34-18)17-29(37)36-12-10-19-14-21-5-7-23(19)30(36)20-4-9-27(39-2)28(15-20)40-13-3-11-33-31(38)24-16-22(41-21)6-8-25(24)32/h4-9,14-16,30H,3,10-13,17H2,1-2H3,(H,33,38). The molecule has 0 aliphatic carbocycles. The van der Waals surface area contributed by atoms with Gasteiger partial charge in [-0.1, -0.05) is 22.4 Å². The number of halogens is 1. The van der Waals surface area contributed by atoms with Crippen molar-refractivity contribution in [3.8, 4) is 23.0 Å². The molecular weight excluding hydrogens is 543 g/mol. The van der Waals surface area contributed by atoms with Crippen LogP contribution in [0.3, 0.4) is 0 Å². The van der Waals surface area contributed by atoms with E-state index in [1.54, 1.807) is 20.1 Å². The highest BCUT2D eigenvalue weighted by Crippen LogP contribution is 2.41. The number of aryl methyl sites for hydroxylation is 1. The van der Waals surface area contributed by atoms with Gasteiger partial charge in [0.15, 0.2) is 11.5 Å². The number of hydrogen-bond donors (Lipinski definition) is 1. The smallest absolute Gasteiger partial charge is 0.254 e. The lowest BCUT2D eigenvalue weighted by Crippen LogP contribution is -2.41. The molecule has 4 heterocycles. The first-order valence-corrected chi connectivity index (χ1v) is 13.7. The molecule has 10 nitrogen and oxygen atoms in total. The molecule has 0 spiro atoms. The molecule has 1 unspecified atom stereocenters. The van der Waals surface area contributed by atoms with Gasteiger partial charge in [-0.25, -0.2) is 9.02 Å². The summed E-state index contributed by atoms with van der Waals surface area (Å²) in [6, 6.07) is 15.0. The predicted molar refractivity (Wildman–Crippen MR) is 148 cm³/mol. The third-order valence-electron chi connectivity index (χ3n) is 7.51. The van der Waals surface area contributed by atoms with Gasteiger partial charge < -0.3 is 24.4 Å². The first-order valence-electron chi connectivity index (χ1n) is 13.7. The van der Waals surface area contributed by atoms with Crippen molar-refractivity contribution in [3.05, 3.63) is 94.1 Å². The molecule has 11 heteroatoms. The number of nitrogens with zero attached hydrogens (tertiary/aromatic N) is 3. The van der Waals surface area contributed by atoms with E-state index in [-0.39, 0.29) is 31.0 Å². The second-order valence-electron chi connectivity index (χ2n) is 10.2. The summed E-state index contributed by atoms with van der Waals surface area (Å²) in [6.07, 6.45) is 1.11. The Morgan fingerprint density at radius 2 is 1.95 bits per heavy atom. The van der Waals surface area contributed by atoms with E-state index in [1.165, 1.54) is 18.2 Å². The van der Waals surface area contributed by atoms with E-state index in [1.807, 2.05) is 35.2 Å². The molecular formula is C31H29FN4O6. The van der Waals surface area contributed by atoms with Crippen LogP contribution in [0.2, 0.25) is 0 Å². The number of carbonyl (C=O) groups is 2. The van der Waals surface area contributed by atoms with Crippen LogP contribution in [-0.2, 0) is 17.6 Å². The van der Waals surface area contributed by atoms with Gasteiger partial charge in [0.2, 0.25) is 5.91 Å². The summed E-state index contributed by atoms with van der Waals surface area (Å²) in [5.41, 5.74) is 3.76. The lowest BCUT2D eigenvalue weighted by atomic mass is 9.87. The Kier molecular flexibility index (Phi) is 7.47. The van der Waals surface area contributed by atoms with E-state index < -0.39 is 17.8 Å². The molecule has 0 radical (unpaired) electrons. The van der Waals surface area contributed by atoms with Gasteiger partial charge in [-0.3, -0.25) is 9.59 Å². The van der Waals surface area contributed by atoms with Crippen molar-refractivity contribution in [2.75, 3.05) is 26.8 Å². The van der Waals surface area contributed by atoms with E-state index in [0.717, 1.165) is 16.7 Å². The summed E-state index contributed by atoms with van der Waals surface area (Å²) >= 11 is 0. The van der Waals surface area contributed by atoms with Crippen molar-refractivity contribution in [1.29, 1.82) is 0 Å². The lowest BCUT2D eigenvalue weighted by Gasteiger charge is -2.38. The topological polar surface area (TPSA) is 116 Å². The third-order valence-corrected chi connectivity index (χ3v) is 7.51. The van der Waals surface area contributed by atoms with Crippen LogP contribution in [0.4, 0.5) is 4.39 Å². The zero-order chi connectivity index (χ0) is 29.2. The molecule has 1 N–H and O–H groups in total. The van der Waals surface area contributed by atoms with Crippen LogP contribution < -0.4 is 19.5 Å². The van der Waals surface area contributed by atoms with Crippen LogP contribution in [-0.4, -0.2) is 53.8 Å². The van der Waals surface area contributed by atoms with Crippen molar-refractivity contribution in [1.82, 2.24) is 20.5 Å².